The Morgan fingerprint density at radius 3 is 2.81 bits per heavy atom. The SMILES string of the molecule is CCCCCCCN1CCCC1C(N)=NO. The van der Waals surface area contributed by atoms with E-state index in [0.29, 0.717) is 5.84 Å². The van der Waals surface area contributed by atoms with E-state index in [1.54, 1.807) is 0 Å². The van der Waals surface area contributed by atoms with E-state index < -0.39 is 0 Å². The molecule has 3 N–H and O–H groups in total. The predicted molar refractivity (Wildman–Crippen MR) is 66.8 cm³/mol. The van der Waals surface area contributed by atoms with Crippen molar-refractivity contribution in [2.75, 3.05) is 13.1 Å². The van der Waals surface area contributed by atoms with Gasteiger partial charge in [0.05, 0.1) is 6.04 Å². The van der Waals surface area contributed by atoms with Crippen LogP contribution < -0.4 is 5.73 Å². The second-order valence-corrected chi connectivity index (χ2v) is 4.63. The number of likely N-dealkylation sites (tertiary alicyclic amines) is 1. The number of hydrogen-bond donors (Lipinski definition) is 2. The van der Waals surface area contributed by atoms with Crippen LogP contribution in [0.25, 0.3) is 0 Å². The monoisotopic (exact) mass is 227 g/mol. The van der Waals surface area contributed by atoms with Crippen LogP contribution in [0.5, 0.6) is 0 Å². The predicted octanol–water partition coefficient (Wildman–Crippen LogP) is 2.17. The van der Waals surface area contributed by atoms with Gasteiger partial charge in [-0.3, -0.25) is 4.90 Å². The smallest absolute Gasteiger partial charge is 0.156 e. The lowest BCUT2D eigenvalue weighted by molar-refractivity contribution is 0.275. The molecule has 1 unspecified atom stereocenters. The summed E-state index contributed by atoms with van der Waals surface area (Å²) < 4.78 is 0. The third kappa shape index (κ3) is 4.00. The molecule has 1 aliphatic heterocycles. The Balaban J connectivity index is 2.20. The van der Waals surface area contributed by atoms with Gasteiger partial charge in [0, 0.05) is 0 Å². The Hall–Kier alpha value is -0.770. The van der Waals surface area contributed by atoms with Crippen molar-refractivity contribution < 1.29 is 5.21 Å². The van der Waals surface area contributed by atoms with E-state index in [9.17, 15) is 0 Å². The van der Waals surface area contributed by atoms with Crippen LogP contribution in [-0.2, 0) is 0 Å². The molecule has 0 aromatic rings. The van der Waals surface area contributed by atoms with Gasteiger partial charge in [0.2, 0.25) is 0 Å². The molecular weight excluding hydrogens is 202 g/mol. The van der Waals surface area contributed by atoms with Crippen LogP contribution in [-0.4, -0.2) is 35.1 Å². The van der Waals surface area contributed by atoms with Gasteiger partial charge in [-0.05, 0) is 32.4 Å². The number of hydrogen-bond acceptors (Lipinski definition) is 3. The minimum absolute atomic E-state index is 0.177. The molecule has 4 heteroatoms. The van der Waals surface area contributed by atoms with Crippen molar-refractivity contribution in [1.29, 1.82) is 0 Å². The van der Waals surface area contributed by atoms with Crippen LogP contribution in [0.1, 0.15) is 51.9 Å². The van der Waals surface area contributed by atoms with Crippen LogP contribution in [0.3, 0.4) is 0 Å². The molecule has 0 aliphatic carbocycles. The third-order valence-electron chi connectivity index (χ3n) is 3.37. The number of amidine groups is 1. The van der Waals surface area contributed by atoms with Gasteiger partial charge < -0.3 is 10.9 Å². The number of unbranched alkanes of at least 4 members (excludes halogenated alkanes) is 4. The number of oxime groups is 1. The highest BCUT2D eigenvalue weighted by molar-refractivity contribution is 5.85. The average molecular weight is 227 g/mol. The molecular formula is C12H25N3O. The highest BCUT2D eigenvalue weighted by Gasteiger charge is 2.27. The van der Waals surface area contributed by atoms with Gasteiger partial charge in [-0.25, -0.2) is 0 Å². The summed E-state index contributed by atoms with van der Waals surface area (Å²) >= 11 is 0. The lowest BCUT2D eigenvalue weighted by Crippen LogP contribution is -2.40. The summed E-state index contributed by atoms with van der Waals surface area (Å²) in [7, 11) is 0. The standard InChI is InChI=1S/C12H25N3O/c1-2-3-4-5-6-9-15-10-7-8-11(15)12(13)14-16/h11,16H,2-10H2,1H3,(H2,13,14). The van der Waals surface area contributed by atoms with Gasteiger partial charge in [0.15, 0.2) is 5.84 Å². The molecule has 0 saturated carbocycles. The number of nitrogens with zero attached hydrogens (tertiary/aromatic N) is 2. The molecule has 1 heterocycles. The Bertz CT molecular complexity index is 218. The normalized spacial score (nSPS) is 22.8. The molecule has 0 spiro atoms. The van der Waals surface area contributed by atoms with E-state index >= 15 is 0 Å². The maximum atomic E-state index is 8.69. The molecule has 0 bridgehead atoms. The van der Waals surface area contributed by atoms with Crippen molar-refractivity contribution in [3.05, 3.63) is 0 Å². The molecule has 1 aliphatic rings. The molecule has 4 nitrogen and oxygen atoms in total. The van der Waals surface area contributed by atoms with E-state index in [1.165, 1.54) is 32.1 Å². The maximum absolute atomic E-state index is 8.69. The van der Waals surface area contributed by atoms with Crippen LogP contribution in [0, 0.1) is 0 Å². The fourth-order valence-corrected chi connectivity index (χ4v) is 2.41. The zero-order valence-corrected chi connectivity index (χ0v) is 10.4. The van der Waals surface area contributed by atoms with E-state index in [0.717, 1.165) is 25.9 Å². The first-order valence-corrected chi connectivity index (χ1v) is 6.51. The minimum atomic E-state index is 0.177. The third-order valence-corrected chi connectivity index (χ3v) is 3.37. The fourth-order valence-electron chi connectivity index (χ4n) is 2.41. The Labute approximate surface area is 98.5 Å². The van der Waals surface area contributed by atoms with Crippen molar-refractivity contribution in [3.63, 3.8) is 0 Å². The zero-order chi connectivity index (χ0) is 11.8. The Morgan fingerprint density at radius 2 is 2.12 bits per heavy atom. The topological polar surface area (TPSA) is 61.8 Å². The molecule has 16 heavy (non-hydrogen) atoms. The van der Waals surface area contributed by atoms with Gasteiger partial charge >= 0.3 is 0 Å². The fraction of sp³-hybridized carbons (Fsp3) is 0.917. The van der Waals surface area contributed by atoms with Crippen molar-refractivity contribution in [3.8, 4) is 0 Å². The Morgan fingerprint density at radius 1 is 1.38 bits per heavy atom. The maximum Gasteiger partial charge on any atom is 0.156 e. The molecule has 1 rings (SSSR count). The lowest BCUT2D eigenvalue weighted by Gasteiger charge is -2.22. The van der Waals surface area contributed by atoms with Crippen molar-refractivity contribution in [2.45, 2.75) is 57.9 Å². The average Bonchev–Trinajstić information content (AvgIpc) is 2.76. The summed E-state index contributed by atoms with van der Waals surface area (Å²) in [5.41, 5.74) is 5.68. The summed E-state index contributed by atoms with van der Waals surface area (Å²) in [6.45, 7) is 4.41. The Kier molecular flexibility index (Phi) is 6.23. The van der Waals surface area contributed by atoms with E-state index in [2.05, 4.69) is 17.0 Å². The first kappa shape index (κ1) is 13.3. The second-order valence-electron chi connectivity index (χ2n) is 4.63. The zero-order valence-electron chi connectivity index (χ0n) is 10.4. The summed E-state index contributed by atoms with van der Waals surface area (Å²) in [6, 6.07) is 0.177. The quantitative estimate of drug-likeness (QED) is 0.230. The van der Waals surface area contributed by atoms with E-state index in [-0.39, 0.29) is 6.04 Å². The number of nitrogens with two attached hydrogens (primary N) is 1. The molecule has 94 valence electrons. The molecule has 1 atom stereocenters. The molecule has 0 amide bonds. The highest BCUT2D eigenvalue weighted by atomic mass is 16.4. The highest BCUT2D eigenvalue weighted by Crippen LogP contribution is 2.18. The molecule has 0 radical (unpaired) electrons. The molecule has 0 aromatic carbocycles. The van der Waals surface area contributed by atoms with Gasteiger partial charge in [-0.1, -0.05) is 37.8 Å². The van der Waals surface area contributed by atoms with Crippen molar-refractivity contribution >= 4 is 5.84 Å². The molecule has 1 fully saturated rings. The summed E-state index contributed by atoms with van der Waals surface area (Å²) in [4.78, 5) is 2.35. The lowest BCUT2D eigenvalue weighted by atomic mass is 10.1. The van der Waals surface area contributed by atoms with Crippen LogP contribution in [0.2, 0.25) is 0 Å². The van der Waals surface area contributed by atoms with Crippen LogP contribution >= 0.6 is 0 Å². The second kappa shape index (κ2) is 7.49. The van der Waals surface area contributed by atoms with Gasteiger partial charge in [-0.2, -0.15) is 0 Å². The first-order valence-electron chi connectivity index (χ1n) is 6.51. The summed E-state index contributed by atoms with van der Waals surface area (Å²) in [6.07, 6.45) is 8.68. The van der Waals surface area contributed by atoms with Crippen molar-refractivity contribution in [2.24, 2.45) is 10.9 Å². The van der Waals surface area contributed by atoms with Gasteiger partial charge in [0.25, 0.3) is 0 Å². The van der Waals surface area contributed by atoms with Crippen LogP contribution in [0.4, 0.5) is 0 Å². The summed E-state index contributed by atoms with van der Waals surface area (Å²) in [5.74, 6) is 0.381. The van der Waals surface area contributed by atoms with Crippen molar-refractivity contribution in [1.82, 2.24) is 4.90 Å². The molecule has 0 aromatic heterocycles. The van der Waals surface area contributed by atoms with E-state index in [1.807, 2.05) is 0 Å². The first-order chi connectivity index (χ1) is 7.79. The largest absolute Gasteiger partial charge is 0.409 e. The van der Waals surface area contributed by atoms with E-state index in [4.69, 9.17) is 10.9 Å². The minimum Gasteiger partial charge on any atom is -0.409 e. The summed E-state index contributed by atoms with van der Waals surface area (Å²) in [5, 5.41) is 11.8. The number of rotatable bonds is 7. The van der Waals surface area contributed by atoms with Gasteiger partial charge in [0.1, 0.15) is 0 Å². The van der Waals surface area contributed by atoms with Crippen LogP contribution in [0.15, 0.2) is 5.16 Å². The molecule has 1 saturated heterocycles. The van der Waals surface area contributed by atoms with Gasteiger partial charge in [-0.15, -0.1) is 0 Å².